The Balaban J connectivity index is 2.67. The fraction of sp³-hybridized carbons (Fsp3) is 0.500. The van der Waals surface area contributed by atoms with Crippen LogP contribution >= 0.6 is 0 Å². The molecule has 1 rings (SSSR count). The minimum Gasteiger partial charge on any atom is -0.315 e. The van der Waals surface area contributed by atoms with Gasteiger partial charge in [0, 0.05) is 0 Å². The highest BCUT2D eigenvalue weighted by Crippen LogP contribution is 2.15. The Morgan fingerprint density at radius 3 is 2.12 bits per heavy atom. The minimum atomic E-state index is -0.641. The molecule has 1 atom stereocenters. The van der Waals surface area contributed by atoms with Crippen molar-refractivity contribution in [2.45, 2.75) is 32.9 Å². The van der Waals surface area contributed by atoms with E-state index in [1.165, 1.54) is 12.0 Å². The van der Waals surface area contributed by atoms with Gasteiger partial charge in [-0.1, -0.05) is 44.5 Å². The van der Waals surface area contributed by atoms with Crippen molar-refractivity contribution in [2.24, 2.45) is 5.92 Å². The lowest BCUT2D eigenvalue weighted by molar-refractivity contribution is 0.0255. The Morgan fingerprint density at radius 2 is 1.69 bits per heavy atom. The lowest BCUT2D eigenvalue weighted by Gasteiger charge is -2.14. The highest BCUT2D eigenvalue weighted by molar-refractivity contribution is 5.24. The lowest BCUT2D eigenvalue weighted by Crippen LogP contribution is -2.29. The van der Waals surface area contributed by atoms with Crippen molar-refractivity contribution < 1.29 is 10.4 Å². The number of hydroxylamine groups is 2. The largest absolute Gasteiger partial charge is 0.315 e. The molecule has 1 aromatic rings. The standard InChI is InChI=1S/C12H20N2O2/c1-3-9(2)8-10-4-6-11(7-5-10)12(13-15)14-16/h4-7,9,12-16H,3,8H2,1-2H3. The number of hydrogen-bond donors (Lipinski definition) is 4. The van der Waals surface area contributed by atoms with Crippen LogP contribution in [0.5, 0.6) is 0 Å². The normalized spacial score (nSPS) is 13.1. The number of hydrogen-bond acceptors (Lipinski definition) is 4. The van der Waals surface area contributed by atoms with E-state index in [4.69, 9.17) is 10.4 Å². The summed E-state index contributed by atoms with van der Waals surface area (Å²) in [7, 11) is 0. The Kier molecular flexibility index (Phi) is 5.42. The molecule has 0 saturated heterocycles. The van der Waals surface area contributed by atoms with E-state index < -0.39 is 6.17 Å². The van der Waals surface area contributed by atoms with Crippen molar-refractivity contribution in [3.63, 3.8) is 0 Å². The van der Waals surface area contributed by atoms with E-state index in [-0.39, 0.29) is 0 Å². The van der Waals surface area contributed by atoms with Crippen molar-refractivity contribution in [3.05, 3.63) is 35.4 Å². The van der Waals surface area contributed by atoms with E-state index in [1.54, 1.807) is 0 Å². The minimum absolute atomic E-state index is 0.641. The first-order valence-corrected chi connectivity index (χ1v) is 5.59. The molecular weight excluding hydrogens is 204 g/mol. The van der Waals surface area contributed by atoms with Crippen LogP contribution in [-0.4, -0.2) is 10.4 Å². The SMILES string of the molecule is CCC(C)Cc1ccc(C(NO)NO)cc1. The van der Waals surface area contributed by atoms with Crippen LogP contribution in [0.15, 0.2) is 24.3 Å². The number of rotatable bonds is 6. The van der Waals surface area contributed by atoms with Gasteiger partial charge in [-0.3, -0.25) is 0 Å². The average Bonchev–Trinajstić information content (AvgIpc) is 2.32. The van der Waals surface area contributed by atoms with Crippen molar-refractivity contribution in [1.29, 1.82) is 0 Å². The van der Waals surface area contributed by atoms with Crippen molar-refractivity contribution >= 4 is 0 Å². The third kappa shape index (κ3) is 3.57. The maximum Gasteiger partial charge on any atom is 0.129 e. The van der Waals surface area contributed by atoms with Gasteiger partial charge in [0.25, 0.3) is 0 Å². The molecule has 0 aliphatic rings. The van der Waals surface area contributed by atoms with Gasteiger partial charge in [0.15, 0.2) is 0 Å². The highest BCUT2D eigenvalue weighted by Gasteiger charge is 2.08. The number of nitrogens with one attached hydrogen (secondary N) is 2. The molecule has 4 nitrogen and oxygen atoms in total. The molecule has 0 spiro atoms. The molecule has 0 amide bonds. The van der Waals surface area contributed by atoms with E-state index in [2.05, 4.69) is 13.8 Å². The van der Waals surface area contributed by atoms with Crippen LogP contribution in [0.3, 0.4) is 0 Å². The summed E-state index contributed by atoms with van der Waals surface area (Å²) in [4.78, 5) is 0. The van der Waals surface area contributed by atoms with E-state index in [0.29, 0.717) is 5.92 Å². The fourth-order valence-corrected chi connectivity index (χ4v) is 1.57. The van der Waals surface area contributed by atoms with Gasteiger partial charge >= 0.3 is 0 Å². The van der Waals surface area contributed by atoms with Gasteiger partial charge in [-0.05, 0) is 23.5 Å². The maximum atomic E-state index is 8.76. The Labute approximate surface area is 96.2 Å². The molecule has 0 fully saturated rings. The number of benzene rings is 1. The Hall–Kier alpha value is -0.940. The van der Waals surface area contributed by atoms with Gasteiger partial charge in [-0.2, -0.15) is 11.0 Å². The predicted molar refractivity (Wildman–Crippen MR) is 62.2 cm³/mol. The highest BCUT2D eigenvalue weighted by atomic mass is 16.5. The van der Waals surface area contributed by atoms with Crippen LogP contribution in [0.2, 0.25) is 0 Å². The molecule has 1 unspecified atom stereocenters. The molecule has 0 bridgehead atoms. The van der Waals surface area contributed by atoms with E-state index in [9.17, 15) is 0 Å². The van der Waals surface area contributed by atoms with Gasteiger partial charge in [0.05, 0.1) is 0 Å². The van der Waals surface area contributed by atoms with Crippen LogP contribution in [-0.2, 0) is 6.42 Å². The van der Waals surface area contributed by atoms with Crippen molar-refractivity contribution in [1.82, 2.24) is 11.0 Å². The second-order valence-corrected chi connectivity index (χ2v) is 4.15. The second kappa shape index (κ2) is 6.60. The first-order valence-electron chi connectivity index (χ1n) is 5.59. The Morgan fingerprint density at radius 1 is 1.12 bits per heavy atom. The first-order chi connectivity index (χ1) is 7.71. The lowest BCUT2D eigenvalue weighted by atomic mass is 9.98. The van der Waals surface area contributed by atoms with E-state index >= 15 is 0 Å². The molecule has 0 saturated carbocycles. The molecule has 4 N–H and O–H groups in total. The topological polar surface area (TPSA) is 64.5 Å². The zero-order chi connectivity index (χ0) is 12.0. The predicted octanol–water partition coefficient (Wildman–Crippen LogP) is 2.23. The van der Waals surface area contributed by atoms with Crippen molar-refractivity contribution in [2.75, 3.05) is 0 Å². The molecule has 0 aromatic heterocycles. The molecule has 1 aromatic carbocycles. The summed E-state index contributed by atoms with van der Waals surface area (Å²) in [6.07, 6.45) is 1.58. The summed E-state index contributed by atoms with van der Waals surface area (Å²) in [5.41, 5.74) is 6.02. The Bertz CT molecular complexity index is 296. The van der Waals surface area contributed by atoms with E-state index in [0.717, 1.165) is 12.0 Å². The van der Waals surface area contributed by atoms with Crippen LogP contribution in [0.1, 0.15) is 37.6 Å². The third-order valence-corrected chi connectivity index (χ3v) is 2.85. The van der Waals surface area contributed by atoms with Gasteiger partial charge in [-0.25, -0.2) is 0 Å². The van der Waals surface area contributed by atoms with Crippen LogP contribution in [0.25, 0.3) is 0 Å². The summed E-state index contributed by atoms with van der Waals surface area (Å²) in [5.74, 6) is 0.675. The van der Waals surface area contributed by atoms with Gasteiger partial charge in [0.1, 0.15) is 6.17 Å². The summed E-state index contributed by atoms with van der Waals surface area (Å²) >= 11 is 0. The molecule has 16 heavy (non-hydrogen) atoms. The van der Waals surface area contributed by atoms with Gasteiger partial charge < -0.3 is 10.4 Å². The maximum absolute atomic E-state index is 8.76. The molecule has 0 aliphatic carbocycles. The smallest absolute Gasteiger partial charge is 0.129 e. The zero-order valence-electron chi connectivity index (χ0n) is 9.77. The monoisotopic (exact) mass is 224 g/mol. The third-order valence-electron chi connectivity index (χ3n) is 2.85. The van der Waals surface area contributed by atoms with Crippen molar-refractivity contribution in [3.8, 4) is 0 Å². The van der Waals surface area contributed by atoms with Crippen LogP contribution < -0.4 is 11.0 Å². The van der Waals surface area contributed by atoms with Crippen LogP contribution in [0, 0.1) is 5.92 Å². The van der Waals surface area contributed by atoms with Gasteiger partial charge in [0.2, 0.25) is 0 Å². The summed E-state index contributed by atoms with van der Waals surface area (Å²) in [6, 6.07) is 7.80. The average molecular weight is 224 g/mol. The van der Waals surface area contributed by atoms with Gasteiger partial charge in [-0.15, -0.1) is 0 Å². The fourth-order valence-electron chi connectivity index (χ4n) is 1.57. The van der Waals surface area contributed by atoms with E-state index in [1.807, 2.05) is 35.2 Å². The molecule has 0 radical (unpaired) electrons. The molecule has 90 valence electrons. The molecule has 0 heterocycles. The summed E-state index contributed by atoms with van der Waals surface area (Å²) in [6.45, 7) is 4.40. The quantitative estimate of drug-likeness (QED) is 0.442. The first kappa shape index (κ1) is 13.1. The molecule has 4 heteroatoms. The summed E-state index contributed by atoms with van der Waals surface area (Å²) < 4.78 is 0. The van der Waals surface area contributed by atoms with Crippen LogP contribution in [0.4, 0.5) is 0 Å². The second-order valence-electron chi connectivity index (χ2n) is 4.15. The zero-order valence-corrected chi connectivity index (χ0v) is 9.77. The summed E-state index contributed by atoms with van der Waals surface area (Å²) in [5, 5.41) is 17.5. The molecular formula is C12H20N2O2. The molecule has 0 aliphatic heterocycles.